The number of halogens is 1. The van der Waals surface area contributed by atoms with E-state index in [9.17, 15) is 14.3 Å². The summed E-state index contributed by atoms with van der Waals surface area (Å²) < 4.78 is 14.2. The molecule has 0 fully saturated rings. The van der Waals surface area contributed by atoms with Crippen molar-refractivity contribution in [1.82, 2.24) is 4.98 Å². The molecule has 2 N–H and O–H groups in total. The van der Waals surface area contributed by atoms with Crippen LogP contribution in [0.3, 0.4) is 0 Å². The van der Waals surface area contributed by atoms with Gasteiger partial charge in [-0.1, -0.05) is 0 Å². The van der Waals surface area contributed by atoms with Crippen LogP contribution in [0.15, 0.2) is 12.1 Å². The van der Waals surface area contributed by atoms with Gasteiger partial charge in [-0.2, -0.15) is 0 Å². The molecular weight excluding hydrogens is 303 g/mol. The number of nitrogens with zero attached hydrogens (tertiary/aromatic N) is 1. The third-order valence-electron chi connectivity index (χ3n) is 4.01. The van der Waals surface area contributed by atoms with Gasteiger partial charge in [-0.3, -0.25) is 4.79 Å². The van der Waals surface area contributed by atoms with Crippen LogP contribution in [0.25, 0.3) is 11.6 Å². The zero-order valence-electron chi connectivity index (χ0n) is 11.6. The average molecular weight is 316 g/mol. The van der Waals surface area contributed by atoms with Gasteiger partial charge < -0.3 is 10.4 Å². The molecule has 1 aromatic heterocycles. The Balaban J connectivity index is 1.82. The van der Waals surface area contributed by atoms with Crippen LogP contribution in [0.4, 0.5) is 10.1 Å². The van der Waals surface area contributed by atoms with Crippen molar-refractivity contribution < 1.29 is 14.3 Å². The van der Waals surface area contributed by atoms with Gasteiger partial charge in [0.05, 0.1) is 22.5 Å². The van der Waals surface area contributed by atoms with Gasteiger partial charge in [-0.15, -0.1) is 11.3 Å². The fraction of sp³-hybridized carbons (Fsp3) is 0.250. The summed E-state index contributed by atoms with van der Waals surface area (Å²) in [5.74, 6) is -1.60. The van der Waals surface area contributed by atoms with Crippen molar-refractivity contribution in [3.8, 4) is 5.75 Å². The number of carbonyl (C=O) groups is 1. The van der Waals surface area contributed by atoms with E-state index >= 15 is 0 Å². The lowest BCUT2D eigenvalue weighted by Gasteiger charge is -2.06. The molecule has 1 amide bonds. The zero-order chi connectivity index (χ0) is 15.3. The highest BCUT2D eigenvalue weighted by Crippen LogP contribution is 2.39. The number of thiazole rings is 1. The van der Waals surface area contributed by atoms with E-state index in [1.165, 1.54) is 17.0 Å². The third-order valence-corrected chi connectivity index (χ3v) is 5.12. The Morgan fingerprint density at radius 1 is 1.32 bits per heavy atom. The van der Waals surface area contributed by atoms with E-state index in [1.54, 1.807) is 17.4 Å². The third kappa shape index (κ3) is 2.02. The molecule has 0 radical (unpaired) electrons. The molecule has 4 rings (SSSR count). The Morgan fingerprint density at radius 3 is 2.95 bits per heavy atom. The number of phenols is 1. The topological polar surface area (TPSA) is 62.2 Å². The van der Waals surface area contributed by atoms with Crippen LogP contribution in [0.2, 0.25) is 0 Å². The fourth-order valence-electron chi connectivity index (χ4n) is 2.93. The van der Waals surface area contributed by atoms with E-state index in [4.69, 9.17) is 0 Å². The maximum atomic E-state index is 14.2. The predicted molar refractivity (Wildman–Crippen MR) is 83.3 cm³/mol. The Labute approximate surface area is 130 Å². The monoisotopic (exact) mass is 316 g/mol. The SMILES string of the molecule is O=C1Nc2ccc(O)c(F)c2/C1=C\c1nc2c(s1)CCCC2. The van der Waals surface area contributed by atoms with Gasteiger partial charge in [0.15, 0.2) is 11.6 Å². The van der Waals surface area contributed by atoms with Crippen molar-refractivity contribution in [2.24, 2.45) is 0 Å². The molecule has 1 aliphatic carbocycles. The summed E-state index contributed by atoms with van der Waals surface area (Å²) in [4.78, 5) is 17.9. The Morgan fingerprint density at radius 2 is 2.14 bits per heavy atom. The molecule has 1 aromatic carbocycles. The molecule has 4 nitrogen and oxygen atoms in total. The minimum absolute atomic E-state index is 0.123. The molecule has 0 bridgehead atoms. The average Bonchev–Trinajstić information content (AvgIpc) is 3.05. The lowest BCUT2D eigenvalue weighted by molar-refractivity contribution is -0.110. The Bertz CT molecular complexity index is 802. The quantitative estimate of drug-likeness (QED) is 0.626. The van der Waals surface area contributed by atoms with Crippen molar-refractivity contribution in [2.45, 2.75) is 25.7 Å². The van der Waals surface area contributed by atoms with Gasteiger partial charge in [0.25, 0.3) is 5.91 Å². The van der Waals surface area contributed by atoms with Crippen molar-refractivity contribution in [3.63, 3.8) is 0 Å². The van der Waals surface area contributed by atoms with E-state index in [0.29, 0.717) is 10.7 Å². The first-order valence-electron chi connectivity index (χ1n) is 7.17. The molecule has 0 spiro atoms. The number of hydrogen-bond donors (Lipinski definition) is 2. The van der Waals surface area contributed by atoms with Gasteiger partial charge in [0.2, 0.25) is 0 Å². The molecule has 0 saturated carbocycles. The second-order valence-electron chi connectivity index (χ2n) is 5.46. The highest BCUT2D eigenvalue weighted by atomic mass is 32.1. The lowest BCUT2D eigenvalue weighted by atomic mass is 10.0. The molecule has 2 aromatic rings. The van der Waals surface area contributed by atoms with Gasteiger partial charge in [-0.25, -0.2) is 9.37 Å². The van der Waals surface area contributed by atoms with Crippen LogP contribution in [-0.4, -0.2) is 16.0 Å². The summed E-state index contributed by atoms with van der Waals surface area (Å²) in [5, 5.41) is 12.9. The minimum Gasteiger partial charge on any atom is -0.505 e. The number of carbonyl (C=O) groups excluding carboxylic acids is 1. The number of benzene rings is 1. The molecule has 6 heteroatoms. The van der Waals surface area contributed by atoms with Crippen molar-refractivity contribution in [3.05, 3.63) is 39.1 Å². The summed E-state index contributed by atoms with van der Waals surface area (Å²) in [5.41, 5.74) is 1.82. The fourth-order valence-corrected chi connectivity index (χ4v) is 4.03. The van der Waals surface area contributed by atoms with Crippen LogP contribution >= 0.6 is 11.3 Å². The number of phenolic OH excluding ortho intramolecular Hbond substituents is 1. The van der Waals surface area contributed by atoms with Gasteiger partial charge >= 0.3 is 0 Å². The van der Waals surface area contributed by atoms with E-state index in [1.807, 2.05) is 0 Å². The number of aryl methyl sites for hydroxylation is 2. The van der Waals surface area contributed by atoms with Crippen molar-refractivity contribution in [2.75, 3.05) is 5.32 Å². The van der Waals surface area contributed by atoms with Crippen LogP contribution in [0.5, 0.6) is 5.75 Å². The first kappa shape index (κ1) is 13.5. The first-order valence-corrected chi connectivity index (χ1v) is 7.98. The van der Waals surface area contributed by atoms with Gasteiger partial charge in [-0.05, 0) is 43.9 Å². The van der Waals surface area contributed by atoms with Crippen LogP contribution in [-0.2, 0) is 17.6 Å². The summed E-state index contributed by atoms with van der Waals surface area (Å²) in [6.45, 7) is 0. The predicted octanol–water partition coefficient (Wildman–Crippen LogP) is 3.36. The standard InChI is InChI=1S/C16H13FN2O2S/c17-15-11(20)6-5-10-14(15)8(16(21)19-10)7-13-18-9-3-1-2-4-12(9)22-13/h5-7,20H,1-4H2,(H,19,21)/b8-7+. The normalized spacial score (nSPS) is 18.2. The highest BCUT2D eigenvalue weighted by Gasteiger charge is 2.29. The second kappa shape index (κ2) is 4.91. The summed E-state index contributed by atoms with van der Waals surface area (Å²) in [6.07, 6.45) is 5.91. The molecule has 2 aliphatic rings. The summed E-state index contributed by atoms with van der Waals surface area (Å²) in [7, 11) is 0. The van der Waals surface area contributed by atoms with E-state index in [2.05, 4.69) is 10.3 Å². The smallest absolute Gasteiger partial charge is 0.256 e. The molecule has 2 heterocycles. The summed E-state index contributed by atoms with van der Waals surface area (Å²) in [6, 6.07) is 2.73. The van der Waals surface area contributed by atoms with Gasteiger partial charge in [0, 0.05) is 4.88 Å². The van der Waals surface area contributed by atoms with Crippen molar-refractivity contribution >= 4 is 34.6 Å². The number of hydrogen-bond acceptors (Lipinski definition) is 4. The second-order valence-corrected chi connectivity index (χ2v) is 6.58. The number of fused-ring (bicyclic) bond motifs is 2. The van der Waals surface area contributed by atoms with Crippen LogP contribution in [0, 0.1) is 5.82 Å². The molecule has 0 saturated heterocycles. The molecule has 1 aliphatic heterocycles. The Kier molecular flexibility index (Phi) is 3.00. The minimum atomic E-state index is -0.775. The Hall–Kier alpha value is -2.21. The highest BCUT2D eigenvalue weighted by molar-refractivity contribution is 7.12. The molecule has 0 atom stereocenters. The van der Waals surface area contributed by atoms with Crippen LogP contribution < -0.4 is 5.32 Å². The maximum absolute atomic E-state index is 14.2. The number of rotatable bonds is 1. The molecule has 22 heavy (non-hydrogen) atoms. The van der Waals surface area contributed by atoms with E-state index in [0.717, 1.165) is 31.4 Å². The number of amides is 1. The molecular formula is C16H13FN2O2S. The summed E-state index contributed by atoms with van der Waals surface area (Å²) >= 11 is 1.56. The first-order chi connectivity index (χ1) is 10.6. The van der Waals surface area contributed by atoms with E-state index < -0.39 is 11.6 Å². The zero-order valence-corrected chi connectivity index (χ0v) is 12.5. The molecule has 0 unspecified atom stereocenters. The van der Waals surface area contributed by atoms with Crippen molar-refractivity contribution in [1.29, 1.82) is 0 Å². The number of nitrogens with one attached hydrogen (secondary N) is 1. The van der Waals surface area contributed by atoms with Gasteiger partial charge in [0.1, 0.15) is 5.01 Å². The number of aromatic nitrogens is 1. The number of aromatic hydroxyl groups is 1. The molecule has 112 valence electrons. The van der Waals surface area contributed by atoms with Crippen LogP contribution in [0.1, 0.15) is 34.0 Å². The van der Waals surface area contributed by atoms with E-state index in [-0.39, 0.29) is 17.0 Å². The largest absolute Gasteiger partial charge is 0.505 e. The maximum Gasteiger partial charge on any atom is 0.256 e. The lowest BCUT2D eigenvalue weighted by Crippen LogP contribution is -2.03. The number of anilines is 1.